The summed E-state index contributed by atoms with van der Waals surface area (Å²) in [7, 11) is 0. The first-order chi connectivity index (χ1) is 9.75. The van der Waals surface area contributed by atoms with Gasteiger partial charge in [-0.2, -0.15) is 18.2 Å². The van der Waals surface area contributed by atoms with Gasteiger partial charge in [0.1, 0.15) is 5.75 Å². The molecule has 0 aliphatic heterocycles. The fourth-order valence-corrected chi connectivity index (χ4v) is 1.55. The van der Waals surface area contributed by atoms with Crippen LogP contribution >= 0.6 is 11.6 Å². The van der Waals surface area contributed by atoms with E-state index in [-0.39, 0.29) is 11.4 Å². The second-order valence-corrected chi connectivity index (χ2v) is 4.05. The summed E-state index contributed by atoms with van der Waals surface area (Å²) in [5.74, 6) is -0.519. The number of alkyl halides is 3. The van der Waals surface area contributed by atoms with E-state index < -0.39 is 28.0 Å². The maximum absolute atomic E-state index is 12.6. The summed E-state index contributed by atoms with van der Waals surface area (Å²) < 4.78 is 42.7. The maximum Gasteiger partial charge on any atom is 0.433 e. The van der Waals surface area contributed by atoms with Gasteiger partial charge >= 0.3 is 6.18 Å². The Morgan fingerprint density at radius 3 is 2.57 bits per heavy atom. The zero-order valence-corrected chi connectivity index (χ0v) is 10.7. The number of hydrogen-bond acceptors (Lipinski definition) is 5. The monoisotopic (exact) mass is 319 g/mol. The first kappa shape index (κ1) is 15.0. The number of aromatic nitrogens is 2. The molecule has 0 atom stereocenters. The number of non-ortho nitro benzene ring substituents is 1. The minimum absolute atomic E-state index is 0.0490. The number of benzene rings is 1. The lowest BCUT2D eigenvalue weighted by atomic mass is 10.3. The second-order valence-electron chi connectivity index (χ2n) is 3.71. The van der Waals surface area contributed by atoms with Gasteiger partial charge in [0.25, 0.3) is 5.69 Å². The largest absolute Gasteiger partial charge is 0.439 e. The summed E-state index contributed by atoms with van der Waals surface area (Å²) in [4.78, 5) is 16.4. The van der Waals surface area contributed by atoms with Gasteiger partial charge in [-0.05, 0) is 17.7 Å². The fourth-order valence-electron chi connectivity index (χ4n) is 1.38. The summed E-state index contributed by atoms with van der Waals surface area (Å²) in [5, 5.41) is 9.95. The molecular formula is C11H5ClF3N3O3. The summed E-state index contributed by atoms with van der Waals surface area (Å²) in [5.41, 5.74) is -1.55. The Labute approximate surface area is 120 Å². The molecule has 6 nitrogen and oxygen atoms in total. The molecule has 1 aromatic heterocycles. The third-order valence-electron chi connectivity index (χ3n) is 2.22. The molecule has 2 aromatic rings. The number of hydrogen-bond donors (Lipinski definition) is 0. The highest BCUT2D eigenvalue weighted by atomic mass is 35.5. The van der Waals surface area contributed by atoms with E-state index in [2.05, 4.69) is 9.97 Å². The smallest absolute Gasteiger partial charge is 0.433 e. The Hall–Kier alpha value is -2.42. The quantitative estimate of drug-likeness (QED) is 0.488. The summed E-state index contributed by atoms with van der Waals surface area (Å²) in [6, 6.07) is 5.45. The minimum Gasteiger partial charge on any atom is -0.439 e. The minimum atomic E-state index is -4.71. The van der Waals surface area contributed by atoms with Crippen LogP contribution in [0.3, 0.4) is 0 Å². The van der Waals surface area contributed by atoms with Gasteiger partial charge in [-0.15, -0.1) is 0 Å². The standard InChI is InChI=1S/C11H5ClF3N3O3/c12-10-16-8(11(13,14)15)5-9(17-10)21-7-3-1-2-6(4-7)18(19)20/h1-5H. The van der Waals surface area contributed by atoms with Crippen LogP contribution in [0.15, 0.2) is 30.3 Å². The van der Waals surface area contributed by atoms with E-state index in [0.29, 0.717) is 6.07 Å². The van der Waals surface area contributed by atoms with Crippen molar-refractivity contribution in [1.82, 2.24) is 9.97 Å². The van der Waals surface area contributed by atoms with Gasteiger partial charge in [0.15, 0.2) is 5.69 Å². The zero-order chi connectivity index (χ0) is 15.6. The predicted octanol–water partition coefficient (Wildman–Crippen LogP) is 3.85. The summed E-state index contributed by atoms with van der Waals surface area (Å²) in [6.07, 6.45) is -4.71. The van der Waals surface area contributed by atoms with Crippen molar-refractivity contribution >= 4 is 17.3 Å². The third kappa shape index (κ3) is 3.78. The average Bonchev–Trinajstić information content (AvgIpc) is 2.37. The number of nitrogens with zero attached hydrogens (tertiary/aromatic N) is 3. The molecule has 0 spiro atoms. The molecule has 10 heteroatoms. The number of nitro groups is 1. The van der Waals surface area contributed by atoms with Crippen LogP contribution in [0.2, 0.25) is 5.28 Å². The van der Waals surface area contributed by atoms with Gasteiger partial charge in [-0.25, -0.2) is 4.98 Å². The molecule has 1 heterocycles. The number of ether oxygens (including phenoxy) is 1. The first-order valence-electron chi connectivity index (χ1n) is 5.30. The van der Waals surface area contributed by atoms with Crippen molar-refractivity contribution in [2.75, 3.05) is 0 Å². The molecule has 0 amide bonds. The lowest BCUT2D eigenvalue weighted by molar-refractivity contribution is -0.384. The van der Waals surface area contributed by atoms with Crippen LogP contribution in [0, 0.1) is 10.1 Å². The molecule has 1 aromatic carbocycles. The summed E-state index contributed by atoms with van der Waals surface area (Å²) in [6.45, 7) is 0. The van der Waals surface area contributed by atoms with Gasteiger partial charge in [-0.3, -0.25) is 10.1 Å². The fraction of sp³-hybridized carbons (Fsp3) is 0.0909. The predicted molar refractivity (Wildman–Crippen MR) is 65.2 cm³/mol. The molecule has 21 heavy (non-hydrogen) atoms. The third-order valence-corrected chi connectivity index (χ3v) is 2.39. The van der Waals surface area contributed by atoms with Gasteiger partial charge in [0, 0.05) is 12.1 Å². The van der Waals surface area contributed by atoms with Crippen LogP contribution in [-0.2, 0) is 6.18 Å². The lowest BCUT2D eigenvalue weighted by Crippen LogP contribution is -2.09. The van der Waals surface area contributed by atoms with E-state index in [1.165, 1.54) is 18.2 Å². The molecule has 0 saturated carbocycles. The van der Waals surface area contributed by atoms with E-state index in [9.17, 15) is 23.3 Å². The number of nitro benzene ring substituents is 1. The van der Waals surface area contributed by atoms with Crippen LogP contribution < -0.4 is 4.74 Å². The lowest BCUT2D eigenvalue weighted by Gasteiger charge is -2.09. The molecular weight excluding hydrogens is 315 g/mol. The molecule has 110 valence electrons. The molecule has 2 rings (SSSR count). The van der Waals surface area contributed by atoms with Crippen molar-refractivity contribution in [2.45, 2.75) is 6.18 Å². The molecule has 0 unspecified atom stereocenters. The van der Waals surface area contributed by atoms with Crippen LogP contribution in [0.1, 0.15) is 5.69 Å². The molecule has 0 N–H and O–H groups in total. The number of rotatable bonds is 3. The molecule has 0 radical (unpaired) electrons. The highest BCUT2D eigenvalue weighted by Crippen LogP contribution is 2.32. The van der Waals surface area contributed by atoms with Gasteiger partial charge in [0.05, 0.1) is 11.0 Å². The van der Waals surface area contributed by atoms with Crippen LogP contribution in [0.25, 0.3) is 0 Å². The normalized spacial score (nSPS) is 11.2. The van der Waals surface area contributed by atoms with Crippen molar-refractivity contribution in [3.05, 3.63) is 51.4 Å². The highest BCUT2D eigenvalue weighted by Gasteiger charge is 2.34. The Morgan fingerprint density at radius 1 is 1.24 bits per heavy atom. The Balaban J connectivity index is 2.33. The van der Waals surface area contributed by atoms with Gasteiger partial charge < -0.3 is 4.74 Å². The van der Waals surface area contributed by atoms with E-state index >= 15 is 0 Å². The summed E-state index contributed by atoms with van der Waals surface area (Å²) >= 11 is 5.39. The second kappa shape index (κ2) is 5.52. The number of halogens is 4. The Morgan fingerprint density at radius 2 is 1.95 bits per heavy atom. The molecule has 0 saturated heterocycles. The maximum atomic E-state index is 12.6. The highest BCUT2D eigenvalue weighted by molar-refractivity contribution is 6.28. The topological polar surface area (TPSA) is 78.2 Å². The van der Waals surface area contributed by atoms with Crippen LogP contribution in [-0.4, -0.2) is 14.9 Å². The van der Waals surface area contributed by atoms with Crippen LogP contribution in [0.4, 0.5) is 18.9 Å². The van der Waals surface area contributed by atoms with Crippen molar-refractivity contribution in [2.24, 2.45) is 0 Å². The zero-order valence-electron chi connectivity index (χ0n) is 9.96. The van der Waals surface area contributed by atoms with Crippen molar-refractivity contribution in [3.63, 3.8) is 0 Å². The molecule has 0 aliphatic rings. The van der Waals surface area contributed by atoms with Crippen molar-refractivity contribution in [3.8, 4) is 11.6 Å². The van der Waals surface area contributed by atoms with Crippen LogP contribution in [0.5, 0.6) is 11.6 Å². The Kier molecular flexibility index (Phi) is 3.94. The van der Waals surface area contributed by atoms with Crippen molar-refractivity contribution < 1.29 is 22.8 Å². The first-order valence-corrected chi connectivity index (χ1v) is 5.67. The van der Waals surface area contributed by atoms with Gasteiger partial charge in [-0.1, -0.05) is 6.07 Å². The Bertz CT molecular complexity index is 694. The van der Waals surface area contributed by atoms with E-state index in [0.717, 1.165) is 6.07 Å². The van der Waals surface area contributed by atoms with Gasteiger partial charge in [0.2, 0.25) is 11.2 Å². The molecule has 0 fully saturated rings. The average molecular weight is 320 g/mol. The molecule has 0 aliphatic carbocycles. The van der Waals surface area contributed by atoms with E-state index in [1.807, 2.05) is 0 Å². The van der Waals surface area contributed by atoms with E-state index in [4.69, 9.17) is 16.3 Å². The SMILES string of the molecule is O=[N+]([O-])c1cccc(Oc2cc(C(F)(F)F)nc(Cl)n2)c1. The molecule has 0 bridgehead atoms. The van der Waals surface area contributed by atoms with E-state index in [1.54, 1.807) is 0 Å². The van der Waals surface area contributed by atoms with Crippen molar-refractivity contribution in [1.29, 1.82) is 0 Å².